The van der Waals surface area contributed by atoms with Crippen LogP contribution in [0.25, 0.3) is 0 Å². The maximum absolute atomic E-state index is 13.3. The molecule has 0 aliphatic carbocycles. The molecule has 4 nitrogen and oxygen atoms in total. The van der Waals surface area contributed by atoms with E-state index in [0.29, 0.717) is 19.0 Å². The minimum absolute atomic E-state index is 0.0534. The molecule has 1 rings (SSSR count). The highest BCUT2D eigenvalue weighted by molar-refractivity contribution is 9.10. The number of carbonyl (C=O) groups is 1. The number of amides is 1. The molecule has 0 heterocycles. The lowest BCUT2D eigenvalue weighted by Gasteiger charge is -2.25. The van der Waals surface area contributed by atoms with Gasteiger partial charge in [0, 0.05) is 23.6 Å². The second kappa shape index (κ2) is 8.64. The number of halogens is 2. The molecule has 0 saturated carbocycles. The summed E-state index contributed by atoms with van der Waals surface area (Å²) in [5.41, 5.74) is 0.324. The van der Waals surface area contributed by atoms with E-state index in [1.165, 1.54) is 12.1 Å². The summed E-state index contributed by atoms with van der Waals surface area (Å²) < 4.78 is 19.4. The molecular formula is C17H26BrFN2O2. The Kier molecular flexibility index (Phi) is 7.48. The minimum atomic E-state index is -0.517. The van der Waals surface area contributed by atoms with Gasteiger partial charge in [-0.1, -0.05) is 29.8 Å². The van der Waals surface area contributed by atoms with Crippen LogP contribution < -0.4 is 10.6 Å². The van der Waals surface area contributed by atoms with E-state index in [0.717, 1.165) is 10.0 Å². The number of rotatable bonds is 6. The van der Waals surface area contributed by atoms with Gasteiger partial charge < -0.3 is 15.4 Å². The fourth-order valence-electron chi connectivity index (χ4n) is 1.97. The molecule has 23 heavy (non-hydrogen) atoms. The average Bonchev–Trinajstić information content (AvgIpc) is 2.40. The molecule has 0 aliphatic rings. The fraction of sp³-hybridized carbons (Fsp3) is 0.588. The Morgan fingerprint density at radius 1 is 1.35 bits per heavy atom. The Labute approximate surface area is 146 Å². The summed E-state index contributed by atoms with van der Waals surface area (Å²) in [5, 5.41) is 6.13. The molecule has 1 aromatic rings. The van der Waals surface area contributed by atoms with E-state index in [-0.39, 0.29) is 11.9 Å². The molecule has 0 bridgehead atoms. The van der Waals surface area contributed by atoms with Crippen LogP contribution in [0.2, 0.25) is 0 Å². The van der Waals surface area contributed by atoms with Crippen LogP contribution in [0.3, 0.4) is 0 Å². The van der Waals surface area contributed by atoms with Gasteiger partial charge >= 0.3 is 6.09 Å². The standard InChI is InChI=1S/C17H26BrFN2O2/c1-11(2)15(10-21-16(22)23-17(3,4)5)20-9-12-8-13(19)6-7-14(12)18/h6-8,11,15,20H,9-10H2,1-5H3,(H,21,22). The Morgan fingerprint density at radius 3 is 2.57 bits per heavy atom. The van der Waals surface area contributed by atoms with Gasteiger partial charge in [0.25, 0.3) is 0 Å². The van der Waals surface area contributed by atoms with Gasteiger partial charge in [-0.05, 0) is 50.5 Å². The van der Waals surface area contributed by atoms with E-state index in [1.54, 1.807) is 6.07 Å². The Morgan fingerprint density at radius 2 is 2.00 bits per heavy atom. The lowest BCUT2D eigenvalue weighted by Crippen LogP contribution is -2.45. The van der Waals surface area contributed by atoms with Gasteiger partial charge in [0.1, 0.15) is 11.4 Å². The van der Waals surface area contributed by atoms with Crippen molar-refractivity contribution in [1.29, 1.82) is 0 Å². The van der Waals surface area contributed by atoms with E-state index < -0.39 is 11.7 Å². The van der Waals surface area contributed by atoms with Gasteiger partial charge in [-0.25, -0.2) is 9.18 Å². The van der Waals surface area contributed by atoms with E-state index in [2.05, 4.69) is 40.4 Å². The second-order valence-electron chi connectivity index (χ2n) is 6.85. The number of ether oxygens (including phenoxy) is 1. The molecule has 0 saturated heterocycles. The molecule has 1 unspecified atom stereocenters. The Bertz CT molecular complexity index is 530. The van der Waals surface area contributed by atoms with E-state index in [4.69, 9.17) is 4.74 Å². The van der Waals surface area contributed by atoms with Gasteiger partial charge in [-0.2, -0.15) is 0 Å². The minimum Gasteiger partial charge on any atom is -0.444 e. The molecule has 0 fully saturated rings. The third-order valence-electron chi connectivity index (χ3n) is 3.23. The first-order valence-electron chi connectivity index (χ1n) is 7.72. The van der Waals surface area contributed by atoms with Gasteiger partial charge in [-0.3, -0.25) is 0 Å². The smallest absolute Gasteiger partial charge is 0.407 e. The summed E-state index contributed by atoms with van der Waals surface area (Å²) in [6, 6.07) is 4.65. The van der Waals surface area contributed by atoms with Crippen LogP contribution >= 0.6 is 15.9 Å². The average molecular weight is 389 g/mol. The number of benzene rings is 1. The zero-order chi connectivity index (χ0) is 17.6. The zero-order valence-corrected chi connectivity index (χ0v) is 16.0. The summed E-state index contributed by atoms with van der Waals surface area (Å²) in [5.74, 6) is 0.0373. The highest BCUT2D eigenvalue weighted by Crippen LogP contribution is 2.18. The molecule has 1 aromatic carbocycles. The van der Waals surface area contributed by atoms with E-state index >= 15 is 0 Å². The zero-order valence-electron chi connectivity index (χ0n) is 14.4. The molecule has 0 spiro atoms. The second-order valence-corrected chi connectivity index (χ2v) is 7.70. The molecule has 0 radical (unpaired) electrons. The molecule has 1 atom stereocenters. The van der Waals surface area contributed by atoms with Crippen LogP contribution in [-0.4, -0.2) is 24.3 Å². The summed E-state index contributed by atoms with van der Waals surface area (Å²) >= 11 is 3.42. The van der Waals surface area contributed by atoms with Crippen molar-refractivity contribution in [2.75, 3.05) is 6.54 Å². The number of hydrogen-bond acceptors (Lipinski definition) is 3. The molecular weight excluding hydrogens is 363 g/mol. The Balaban J connectivity index is 2.56. The third-order valence-corrected chi connectivity index (χ3v) is 4.01. The quantitative estimate of drug-likeness (QED) is 0.766. The summed E-state index contributed by atoms with van der Waals surface area (Å²) in [6.07, 6.45) is -0.433. The van der Waals surface area contributed by atoms with Gasteiger partial charge in [-0.15, -0.1) is 0 Å². The lowest BCUT2D eigenvalue weighted by molar-refractivity contribution is 0.0519. The maximum atomic E-state index is 13.3. The van der Waals surface area contributed by atoms with Crippen molar-refractivity contribution in [2.24, 2.45) is 5.92 Å². The largest absolute Gasteiger partial charge is 0.444 e. The van der Waals surface area contributed by atoms with Crippen molar-refractivity contribution in [1.82, 2.24) is 10.6 Å². The van der Waals surface area contributed by atoms with Crippen molar-refractivity contribution in [3.05, 3.63) is 34.1 Å². The van der Waals surface area contributed by atoms with Gasteiger partial charge in [0.15, 0.2) is 0 Å². The SMILES string of the molecule is CC(C)C(CNC(=O)OC(C)(C)C)NCc1cc(F)ccc1Br. The summed E-state index contributed by atoms with van der Waals surface area (Å²) in [4.78, 5) is 11.7. The lowest BCUT2D eigenvalue weighted by atomic mass is 10.0. The first kappa shape index (κ1) is 19.9. The van der Waals surface area contributed by atoms with Crippen LogP contribution in [0.5, 0.6) is 0 Å². The van der Waals surface area contributed by atoms with Gasteiger partial charge in [0.2, 0.25) is 0 Å². The number of hydrogen-bond donors (Lipinski definition) is 2. The third kappa shape index (κ3) is 7.79. The Hall–Kier alpha value is -1.14. The van der Waals surface area contributed by atoms with Crippen LogP contribution in [0.15, 0.2) is 22.7 Å². The monoisotopic (exact) mass is 388 g/mol. The van der Waals surface area contributed by atoms with Gasteiger partial charge in [0.05, 0.1) is 0 Å². The molecule has 0 aliphatic heterocycles. The van der Waals surface area contributed by atoms with Crippen LogP contribution in [0, 0.1) is 11.7 Å². The van der Waals surface area contributed by atoms with Crippen LogP contribution in [0.1, 0.15) is 40.2 Å². The number of nitrogens with one attached hydrogen (secondary N) is 2. The van der Waals surface area contributed by atoms with E-state index in [9.17, 15) is 9.18 Å². The first-order chi connectivity index (χ1) is 10.6. The molecule has 0 aromatic heterocycles. The normalized spacial score (nSPS) is 13.0. The van der Waals surface area contributed by atoms with Crippen molar-refractivity contribution in [2.45, 2.75) is 52.8 Å². The van der Waals surface area contributed by atoms with Crippen LogP contribution in [-0.2, 0) is 11.3 Å². The predicted molar refractivity (Wildman–Crippen MR) is 93.8 cm³/mol. The number of alkyl carbamates (subject to hydrolysis) is 1. The van der Waals surface area contributed by atoms with Crippen molar-refractivity contribution < 1.29 is 13.9 Å². The molecule has 1 amide bonds. The summed E-state index contributed by atoms with van der Waals surface area (Å²) in [6.45, 7) is 10.6. The maximum Gasteiger partial charge on any atom is 0.407 e. The highest BCUT2D eigenvalue weighted by atomic mass is 79.9. The van der Waals surface area contributed by atoms with Crippen molar-refractivity contribution in [3.8, 4) is 0 Å². The topological polar surface area (TPSA) is 50.4 Å². The van der Waals surface area contributed by atoms with Crippen LogP contribution in [0.4, 0.5) is 9.18 Å². The number of carbonyl (C=O) groups excluding carboxylic acids is 1. The van der Waals surface area contributed by atoms with E-state index in [1.807, 2.05) is 20.8 Å². The predicted octanol–water partition coefficient (Wildman–Crippen LogP) is 4.23. The molecule has 2 N–H and O–H groups in total. The fourth-order valence-corrected chi connectivity index (χ4v) is 2.36. The molecule has 6 heteroatoms. The van der Waals surface area contributed by atoms with Crippen molar-refractivity contribution in [3.63, 3.8) is 0 Å². The first-order valence-corrected chi connectivity index (χ1v) is 8.52. The molecule has 130 valence electrons. The summed E-state index contributed by atoms with van der Waals surface area (Å²) in [7, 11) is 0. The van der Waals surface area contributed by atoms with Crippen molar-refractivity contribution >= 4 is 22.0 Å². The highest BCUT2D eigenvalue weighted by Gasteiger charge is 2.19.